The van der Waals surface area contributed by atoms with Gasteiger partial charge in [-0.3, -0.25) is 9.59 Å². The molecule has 8 nitrogen and oxygen atoms in total. The summed E-state index contributed by atoms with van der Waals surface area (Å²) in [6, 6.07) is 5.06. The molecule has 1 saturated heterocycles. The second-order valence-electron chi connectivity index (χ2n) is 5.67. The number of ether oxygens (including phenoxy) is 2. The Labute approximate surface area is 139 Å². The van der Waals surface area contributed by atoms with E-state index in [1.807, 2.05) is 0 Å². The number of fused-ring (bicyclic) bond motifs is 1. The number of anilines is 1. The summed E-state index contributed by atoms with van der Waals surface area (Å²) in [5.41, 5.74) is 1.08. The van der Waals surface area contributed by atoms with E-state index < -0.39 is 0 Å². The van der Waals surface area contributed by atoms with E-state index in [1.165, 1.54) is 12.0 Å². The zero-order valence-corrected chi connectivity index (χ0v) is 13.7. The molecule has 2 heterocycles. The van der Waals surface area contributed by atoms with E-state index in [0.29, 0.717) is 43.2 Å². The predicted molar refractivity (Wildman–Crippen MR) is 85.2 cm³/mol. The normalized spacial score (nSPS) is 17.2. The maximum atomic E-state index is 12.7. The average molecular weight is 333 g/mol. The molecule has 3 rings (SSSR count). The number of carbonyl (C=O) groups is 3. The fraction of sp³-hybridized carbons (Fsp3) is 0.438. The van der Waals surface area contributed by atoms with Gasteiger partial charge in [0.2, 0.25) is 0 Å². The van der Waals surface area contributed by atoms with E-state index in [0.717, 1.165) is 0 Å². The fourth-order valence-corrected chi connectivity index (χ4v) is 2.81. The number of carbonyl (C=O) groups excluding carboxylic acids is 3. The number of hydrogen-bond acceptors (Lipinski definition) is 5. The van der Waals surface area contributed by atoms with Gasteiger partial charge in [-0.15, -0.1) is 0 Å². The number of methoxy groups -OCH3 is 1. The topological polar surface area (TPSA) is 79.4 Å². The number of piperazine rings is 1. The van der Waals surface area contributed by atoms with Crippen molar-refractivity contribution in [2.45, 2.75) is 0 Å². The summed E-state index contributed by atoms with van der Waals surface area (Å²) in [5.74, 6) is 0.302. The largest absolute Gasteiger partial charge is 0.482 e. The minimum absolute atomic E-state index is 0.00623. The molecule has 0 saturated carbocycles. The van der Waals surface area contributed by atoms with Crippen LogP contribution in [0.5, 0.6) is 5.75 Å². The molecule has 3 amide bonds. The van der Waals surface area contributed by atoms with Gasteiger partial charge < -0.3 is 24.2 Å². The van der Waals surface area contributed by atoms with Crippen molar-refractivity contribution >= 4 is 23.6 Å². The van der Waals surface area contributed by atoms with Crippen LogP contribution in [0, 0.1) is 0 Å². The first-order valence-electron chi connectivity index (χ1n) is 7.67. The molecule has 8 heteroatoms. The lowest BCUT2D eigenvalue weighted by atomic mass is 10.1. The number of likely N-dealkylation sites (N-methyl/N-ethyl adjacent to an activating group) is 1. The van der Waals surface area contributed by atoms with Gasteiger partial charge in [0.25, 0.3) is 11.8 Å². The van der Waals surface area contributed by atoms with Gasteiger partial charge in [-0.2, -0.15) is 0 Å². The van der Waals surface area contributed by atoms with Crippen molar-refractivity contribution in [3.05, 3.63) is 23.8 Å². The highest BCUT2D eigenvalue weighted by atomic mass is 16.5. The monoisotopic (exact) mass is 333 g/mol. The summed E-state index contributed by atoms with van der Waals surface area (Å²) < 4.78 is 10.1. The molecule has 0 unspecified atom stereocenters. The first-order valence-corrected chi connectivity index (χ1v) is 7.67. The Morgan fingerprint density at radius 3 is 2.46 bits per heavy atom. The van der Waals surface area contributed by atoms with Gasteiger partial charge in [-0.1, -0.05) is 0 Å². The lowest BCUT2D eigenvalue weighted by Gasteiger charge is -2.34. The van der Waals surface area contributed by atoms with Gasteiger partial charge in [-0.25, -0.2) is 4.79 Å². The van der Waals surface area contributed by atoms with Crippen molar-refractivity contribution in [3.63, 3.8) is 0 Å². The Balaban J connectivity index is 1.72. The standard InChI is InChI=1S/C16H19N3O5/c1-17-12-9-11(3-4-13(12)24-10-14(17)20)15(21)18-5-7-19(8-6-18)16(22)23-2/h3-4,9H,5-8,10H2,1-2H3. The SMILES string of the molecule is COC(=O)N1CCN(C(=O)c2ccc3c(c2)N(C)C(=O)CO3)CC1. The molecule has 2 aliphatic heterocycles. The van der Waals surface area contributed by atoms with E-state index in [9.17, 15) is 14.4 Å². The molecule has 1 aromatic carbocycles. The van der Waals surface area contributed by atoms with Crippen LogP contribution in [0.2, 0.25) is 0 Å². The number of hydrogen-bond donors (Lipinski definition) is 0. The van der Waals surface area contributed by atoms with Crippen LogP contribution in [0.15, 0.2) is 18.2 Å². The van der Waals surface area contributed by atoms with Gasteiger partial charge in [0, 0.05) is 38.8 Å². The lowest BCUT2D eigenvalue weighted by molar-refractivity contribution is -0.120. The highest BCUT2D eigenvalue weighted by Gasteiger charge is 2.27. The average Bonchev–Trinajstić information content (AvgIpc) is 2.63. The Bertz CT molecular complexity index is 682. The van der Waals surface area contributed by atoms with Crippen LogP contribution in [-0.4, -0.2) is 74.7 Å². The molecule has 0 N–H and O–H groups in total. The number of benzene rings is 1. The van der Waals surface area contributed by atoms with Crippen LogP contribution in [0.1, 0.15) is 10.4 Å². The van der Waals surface area contributed by atoms with Crippen LogP contribution in [0.25, 0.3) is 0 Å². The Kier molecular flexibility index (Phi) is 4.28. The first-order chi connectivity index (χ1) is 11.5. The van der Waals surface area contributed by atoms with Crippen LogP contribution < -0.4 is 9.64 Å². The molecule has 0 atom stereocenters. The smallest absolute Gasteiger partial charge is 0.409 e. The maximum Gasteiger partial charge on any atom is 0.409 e. The van der Waals surface area contributed by atoms with Gasteiger partial charge in [0.05, 0.1) is 12.8 Å². The fourth-order valence-electron chi connectivity index (χ4n) is 2.81. The Hall–Kier alpha value is -2.77. The van der Waals surface area contributed by atoms with Gasteiger partial charge >= 0.3 is 6.09 Å². The Morgan fingerprint density at radius 1 is 1.12 bits per heavy atom. The third-order valence-corrected chi connectivity index (χ3v) is 4.29. The van der Waals surface area contributed by atoms with Crippen molar-refractivity contribution in [1.29, 1.82) is 0 Å². The van der Waals surface area contributed by atoms with E-state index in [4.69, 9.17) is 4.74 Å². The summed E-state index contributed by atoms with van der Waals surface area (Å²) >= 11 is 0. The summed E-state index contributed by atoms with van der Waals surface area (Å²) in [6.07, 6.45) is -0.381. The maximum absolute atomic E-state index is 12.7. The van der Waals surface area contributed by atoms with Crippen molar-refractivity contribution in [3.8, 4) is 5.75 Å². The highest BCUT2D eigenvalue weighted by molar-refractivity contribution is 6.01. The minimum Gasteiger partial charge on any atom is -0.482 e. The molecule has 24 heavy (non-hydrogen) atoms. The third-order valence-electron chi connectivity index (χ3n) is 4.29. The van der Waals surface area contributed by atoms with E-state index >= 15 is 0 Å². The van der Waals surface area contributed by atoms with E-state index in [2.05, 4.69) is 4.74 Å². The first kappa shape index (κ1) is 16.1. The molecule has 0 bridgehead atoms. The van der Waals surface area contributed by atoms with Crippen LogP contribution in [0.3, 0.4) is 0 Å². The third kappa shape index (κ3) is 2.86. The van der Waals surface area contributed by atoms with Crippen molar-refractivity contribution < 1.29 is 23.9 Å². The summed E-state index contributed by atoms with van der Waals surface area (Å²) in [7, 11) is 3.00. The number of nitrogens with zero attached hydrogens (tertiary/aromatic N) is 3. The molecule has 0 radical (unpaired) electrons. The van der Waals surface area contributed by atoms with Crippen molar-refractivity contribution in [2.75, 3.05) is 51.8 Å². The summed E-state index contributed by atoms with van der Waals surface area (Å²) in [4.78, 5) is 40.6. The summed E-state index contributed by atoms with van der Waals surface area (Å²) in [5, 5.41) is 0. The molecular formula is C16H19N3O5. The zero-order valence-electron chi connectivity index (χ0n) is 13.7. The molecular weight excluding hydrogens is 314 g/mol. The second-order valence-corrected chi connectivity index (χ2v) is 5.67. The second kappa shape index (κ2) is 6.38. The van der Waals surface area contributed by atoms with Crippen molar-refractivity contribution in [2.24, 2.45) is 0 Å². The molecule has 1 fully saturated rings. The zero-order chi connectivity index (χ0) is 17.3. The van der Waals surface area contributed by atoms with Gasteiger partial charge in [0.1, 0.15) is 5.75 Å². The van der Waals surface area contributed by atoms with Gasteiger partial charge in [0.15, 0.2) is 6.61 Å². The molecule has 0 spiro atoms. The molecule has 0 aliphatic carbocycles. The number of amides is 3. The number of rotatable bonds is 1. The van der Waals surface area contributed by atoms with E-state index in [1.54, 1.807) is 35.0 Å². The van der Waals surface area contributed by atoms with Crippen LogP contribution >= 0.6 is 0 Å². The highest BCUT2D eigenvalue weighted by Crippen LogP contribution is 2.32. The quantitative estimate of drug-likeness (QED) is 0.750. The Morgan fingerprint density at radius 2 is 1.79 bits per heavy atom. The van der Waals surface area contributed by atoms with Crippen LogP contribution in [0.4, 0.5) is 10.5 Å². The summed E-state index contributed by atoms with van der Waals surface area (Å²) in [6.45, 7) is 1.76. The molecule has 2 aliphatic rings. The molecule has 128 valence electrons. The molecule has 0 aromatic heterocycles. The van der Waals surface area contributed by atoms with Gasteiger partial charge in [-0.05, 0) is 18.2 Å². The molecule has 1 aromatic rings. The lowest BCUT2D eigenvalue weighted by Crippen LogP contribution is -2.50. The van der Waals surface area contributed by atoms with Crippen LogP contribution in [-0.2, 0) is 9.53 Å². The van der Waals surface area contributed by atoms with E-state index in [-0.39, 0.29) is 24.5 Å². The predicted octanol–water partition coefficient (Wildman–Crippen LogP) is 0.566. The van der Waals surface area contributed by atoms with Crippen molar-refractivity contribution in [1.82, 2.24) is 9.80 Å². The minimum atomic E-state index is -0.381.